The van der Waals surface area contributed by atoms with Crippen LogP contribution in [0.3, 0.4) is 0 Å². The number of ether oxygens (including phenoxy) is 2. The van der Waals surface area contributed by atoms with Crippen LogP contribution in [0.4, 0.5) is 26.3 Å². The third-order valence-electron chi connectivity index (χ3n) is 7.87. The predicted molar refractivity (Wildman–Crippen MR) is 165 cm³/mol. The Morgan fingerprint density at radius 1 is 0.939 bits per heavy atom. The van der Waals surface area contributed by atoms with Gasteiger partial charge in [-0.2, -0.15) is 26.3 Å². The number of hydrogen-bond donors (Lipinski definition) is 0. The van der Waals surface area contributed by atoms with Crippen molar-refractivity contribution in [1.82, 2.24) is 20.2 Å². The van der Waals surface area contributed by atoms with E-state index in [-0.39, 0.29) is 58.1 Å². The molecule has 5 aromatic rings. The number of alkyl halides is 6. The Bertz CT molecular complexity index is 1900. The van der Waals surface area contributed by atoms with Gasteiger partial charge in [0.2, 0.25) is 5.78 Å². The second kappa shape index (κ2) is 14.1. The lowest BCUT2D eigenvalue weighted by atomic mass is 9.97. The van der Waals surface area contributed by atoms with E-state index in [0.29, 0.717) is 29.9 Å². The first kappa shape index (κ1) is 34.3. The third kappa shape index (κ3) is 7.71. The molecule has 1 fully saturated rings. The van der Waals surface area contributed by atoms with Crippen LogP contribution in [0.1, 0.15) is 57.7 Å². The second-order valence-corrected chi connectivity index (χ2v) is 11.7. The van der Waals surface area contributed by atoms with Crippen molar-refractivity contribution in [2.24, 2.45) is 0 Å². The fourth-order valence-corrected chi connectivity index (χ4v) is 5.77. The molecule has 49 heavy (non-hydrogen) atoms. The highest BCUT2D eigenvalue weighted by molar-refractivity contribution is 6.33. The van der Waals surface area contributed by atoms with Gasteiger partial charge in [0.15, 0.2) is 17.7 Å². The van der Waals surface area contributed by atoms with Gasteiger partial charge >= 0.3 is 12.4 Å². The van der Waals surface area contributed by atoms with Crippen LogP contribution in [0.2, 0.25) is 5.02 Å². The Kier molecular flexibility index (Phi) is 9.91. The normalized spacial score (nSPS) is 15.4. The molecule has 0 radical (unpaired) electrons. The highest BCUT2D eigenvalue weighted by Gasteiger charge is 2.37. The molecule has 8 nitrogen and oxygen atoms in total. The maximum Gasteiger partial charge on any atom is 0.416 e. The molecule has 0 saturated carbocycles. The van der Waals surface area contributed by atoms with Crippen molar-refractivity contribution in [3.05, 3.63) is 111 Å². The smallest absolute Gasteiger partial charge is 0.355 e. The molecule has 15 heteroatoms. The summed E-state index contributed by atoms with van der Waals surface area (Å²) in [7, 11) is 0. The Morgan fingerprint density at radius 3 is 2.29 bits per heavy atom. The summed E-state index contributed by atoms with van der Waals surface area (Å²) < 4.78 is 100. The molecular formula is C34H27ClF6N4O4. The molecule has 1 saturated heterocycles. The summed E-state index contributed by atoms with van der Waals surface area (Å²) in [5, 5.41) is 12.6. The largest absolute Gasteiger partial charge is 0.416 e. The van der Waals surface area contributed by atoms with Gasteiger partial charge in [-0.1, -0.05) is 64.4 Å². The molecule has 1 unspecified atom stereocenters. The number of aromatic nitrogens is 4. The van der Waals surface area contributed by atoms with E-state index in [0.717, 1.165) is 23.9 Å². The van der Waals surface area contributed by atoms with Gasteiger partial charge in [-0.15, -0.1) is 5.10 Å². The van der Waals surface area contributed by atoms with Gasteiger partial charge in [0, 0.05) is 24.2 Å². The topological polar surface area (TPSA) is 92.3 Å². The number of hydrogen-bond acceptors (Lipinski definition) is 7. The summed E-state index contributed by atoms with van der Waals surface area (Å²) in [5.41, 5.74) is -2.52. The molecule has 3 heterocycles. The van der Waals surface area contributed by atoms with Crippen LogP contribution in [-0.2, 0) is 34.8 Å². The molecule has 0 N–H and O–H groups in total. The van der Waals surface area contributed by atoms with E-state index in [9.17, 15) is 31.1 Å². The van der Waals surface area contributed by atoms with Crippen molar-refractivity contribution < 1.29 is 45.1 Å². The fraction of sp³-hybridized carbons (Fsp3) is 0.294. The van der Waals surface area contributed by atoms with E-state index in [1.54, 1.807) is 54.6 Å². The van der Waals surface area contributed by atoms with Gasteiger partial charge in [0.25, 0.3) is 0 Å². The third-order valence-corrected chi connectivity index (χ3v) is 8.20. The van der Waals surface area contributed by atoms with Crippen LogP contribution >= 0.6 is 11.6 Å². The van der Waals surface area contributed by atoms with Gasteiger partial charge in [-0.05, 0) is 55.2 Å². The van der Waals surface area contributed by atoms with Gasteiger partial charge in [-0.3, -0.25) is 4.79 Å². The summed E-state index contributed by atoms with van der Waals surface area (Å²) >= 11 is 6.48. The molecule has 256 valence electrons. The summed E-state index contributed by atoms with van der Waals surface area (Å²) in [6.45, 7) is 0.139. The molecular weight excluding hydrogens is 678 g/mol. The van der Waals surface area contributed by atoms with E-state index in [1.165, 1.54) is 0 Å². The maximum absolute atomic E-state index is 14.5. The summed E-state index contributed by atoms with van der Waals surface area (Å²) in [6, 6.07) is 16.1. The van der Waals surface area contributed by atoms with Gasteiger partial charge in [-0.25, -0.2) is 4.68 Å². The quantitative estimate of drug-likeness (QED) is 0.106. The zero-order valence-electron chi connectivity index (χ0n) is 25.5. The van der Waals surface area contributed by atoms with Crippen LogP contribution < -0.4 is 0 Å². The number of rotatable bonds is 10. The van der Waals surface area contributed by atoms with Crippen LogP contribution in [0.25, 0.3) is 22.6 Å². The fourth-order valence-electron chi connectivity index (χ4n) is 5.55. The van der Waals surface area contributed by atoms with E-state index < -0.39 is 42.1 Å². The zero-order chi connectivity index (χ0) is 34.8. The summed E-state index contributed by atoms with van der Waals surface area (Å²) in [6.07, 6.45) is -7.76. The second-order valence-electron chi connectivity index (χ2n) is 11.3. The standard InChI is InChI=1S/C34H27ClF6N4O4/c35-25-11-5-4-10-24(25)32-28(26(43-49-32)13-15-48-27-12-6-7-14-47-27)31(46)29-30(21-8-2-1-3-9-21)45(44-42-29)19-20-16-22(33(36,37)38)18-23(17-20)34(39,40)41/h1-5,8-11,16-18,27H,6-7,12-15,19H2. The molecule has 3 aromatic carbocycles. The first-order chi connectivity index (χ1) is 23.4. The average molecular weight is 705 g/mol. The Morgan fingerprint density at radius 2 is 1.63 bits per heavy atom. The van der Waals surface area contributed by atoms with Crippen LogP contribution in [0.15, 0.2) is 77.3 Å². The van der Waals surface area contributed by atoms with Crippen LogP contribution in [-0.4, -0.2) is 45.4 Å². The lowest BCUT2D eigenvalue weighted by Crippen LogP contribution is -2.23. The molecule has 1 aliphatic rings. The van der Waals surface area contributed by atoms with Crippen molar-refractivity contribution in [3.8, 4) is 22.6 Å². The van der Waals surface area contributed by atoms with Crippen LogP contribution in [0, 0.1) is 0 Å². The van der Waals surface area contributed by atoms with Crippen LogP contribution in [0.5, 0.6) is 0 Å². The number of benzene rings is 3. The predicted octanol–water partition coefficient (Wildman–Crippen LogP) is 8.66. The number of nitrogens with zero attached hydrogens (tertiary/aromatic N) is 4. The van der Waals surface area contributed by atoms with Gasteiger partial charge in [0.1, 0.15) is 5.69 Å². The number of halogens is 7. The Hall–Kier alpha value is -4.53. The van der Waals surface area contributed by atoms with Gasteiger partial charge in [0.05, 0.1) is 40.6 Å². The van der Waals surface area contributed by atoms with E-state index in [1.807, 2.05) is 0 Å². The van der Waals surface area contributed by atoms with Crippen molar-refractivity contribution >= 4 is 17.4 Å². The number of carbonyl (C=O) groups excluding carboxylic acids is 1. The number of ketones is 1. The minimum atomic E-state index is -5.05. The highest BCUT2D eigenvalue weighted by Crippen LogP contribution is 2.38. The first-order valence-electron chi connectivity index (χ1n) is 15.2. The summed E-state index contributed by atoms with van der Waals surface area (Å²) in [4.78, 5) is 14.5. The maximum atomic E-state index is 14.5. The Balaban J connectivity index is 1.43. The molecule has 2 aromatic heterocycles. The zero-order valence-corrected chi connectivity index (χ0v) is 26.3. The lowest BCUT2D eigenvalue weighted by molar-refractivity contribution is -0.161. The minimum Gasteiger partial charge on any atom is -0.355 e. The molecule has 0 bridgehead atoms. The minimum absolute atomic E-state index is 0.00363. The highest BCUT2D eigenvalue weighted by atomic mass is 35.5. The SMILES string of the molecule is O=C(c1nnn(Cc2cc(C(F)(F)F)cc(C(F)(F)F)c2)c1-c1ccccc1)c1c(CCOC2CCCCO2)noc1-c1ccccc1Cl. The van der Waals surface area contributed by atoms with E-state index in [2.05, 4.69) is 15.5 Å². The van der Waals surface area contributed by atoms with E-state index in [4.69, 9.17) is 25.6 Å². The first-order valence-corrected chi connectivity index (χ1v) is 15.6. The summed E-state index contributed by atoms with van der Waals surface area (Å²) in [5.74, 6) is -0.661. The Labute approximate surface area is 280 Å². The van der Waals surface area contributed by atoms with Crippen molar-refractivity contribution in [2.45, 2.75) is 50.9 Å². The van der Waals surface area contributed by atoms with E-state index >= 15 is 0 Å². The van der Waals surface area contributed by atoms with Gasteiger partial charge < -0.3 is 14.0 Å². The van der Waals surface area contributed by atoms with Crippen molar-refractivity contribution in [2.75, 3.05) is 13.2 Å². The van der Waals surface area contributed by atoms with Crippen molar-refractivity contribution in [3.63, 3.8) is 0 Å². The molecule has 1 aliphatic heterocycles. The molecule has 0 amide bonds. The lowest BCUT2D eigenvalue weighted by Gasteiger charge is -2.22. The molecule has 0 spiro atoms. The average Bonchev–Trinajstić information content (AvgIpc) is 3.69. The molecule has 0 aliphatic carbocycles. The molecule has 6 rings (SSSR count). The van der Waals surface area contributed by atoms with Crippen molar-refractivity contribution in [1.29, 1.82) is 0 Å². The molecule has 1 atom stereocenters. The monoisotopic (exact) mass is 704 g/mol. The number of carbonyl (C=O) groups is 1.